The summed E-state index contributed by atoms with van der Waals surface area (Å²) in [6, 6.07) is 12.7. The number of Topliss-reactive ketones (excluding diaryl/α,β-unsaturated/α-hetero) is 1. The highest BCUT2D eigenvalue weighted by molar-refractivity contribution is 7.17. The zero-order chi connectivity index (χ0) is 22.8. The molecule has 0 radical (unpaired) electrons. The molecule has 0 saturated heterocycles. The molecule has 166 valence electrons. The molecule has 8 heteroatoms. The molecule has 1 aromatic carbocycles. The van der Waals surface area contributed by atoms with E-state index in [9.17, 15) is 14.7 Å². The Morgan fingerprint density at radius 2 is 1.97 bits per heavy atom. The van der Waals surface area contributed by atoms with Crippen LogP contribution < -0.4 is 0 Å². The Hall–Kier alpha value is -2.81. The van der Waals surface area contributed by atoms with Gasteiger partial charge in [0, 0.05) is 17.0 Å². The number of nitrogens with zero attached hydrogens (tertiary/aromatic N) is 2. The summed E-state index contributed by atoms with van der Waals surface area (Å²) < 4.78 is 5.62. The van der Waals surface area contributed by atoms with E-state index in [1.54, 1.807) is 6.92 Å². The van der Waals surface area contributed by atoms with E-state index in [2.05, 4.69) is 4.98 Å². The zero-order valence-electron chi connectivity index (χ0n) is 18.1. The molecule has 0 bridgehead atoms. The Labute approximate surface area is 194 Å². The van der Waals surface area contributed by atoms with Gasteiger partial charge in [0.25, 0.3) is 5.91 Å². The fourth-order valence-corrected chi connectivity index (χ4v) is 5.55. The summed E-state index contributed by atoms with van der Waals surface area (Å²) in [5.74, 6) is -1.41. The minimum Gasteiger partial charge on any atom is -0.503 e. The summed E-state index contributed by atoms with van der Waals surface area (Å²) in [6.45, 7) is 6.21. The van der Waals surface area contributed by atoms with Crippen LogP contribution in [0.4, 0.5) is 0 Å². The van der Waals surface area contributed by atoms with Crippen LogP contribution in [0.3, 0.4) is 0 Å². The Bertz CT molecular complexity index is 1150. The van der Waals surface area contributed by atoms with Gasteiger partial charge in [0.05, 0.1) is 34.9 Å². The Morgan fingerprint density at radius 1 is 1.22 bits per heavy atom. The monoisotopic (exact) mass is 468 g/mol. The van der Waals surface area contributed by atoms with Gasteiger partial charge in [-0.3, -0.25) is 9.59 Å². The molecule has 1 aliphatic heterocycles. The first kappa shape index (κ1) is 22.4. The molecular weight excluding hydrogens is 444 g/mol. The molecule has 1 unspecified atom stereocenters. The number of aryl methyl sites for hydroxylation is 1. The summed E-state index contributed by atoms with van der Waals surface area (Å²) >= 11 is 2.72. The molecule has 1 amide bonds. The predicted octanol–water partition coefficient (Wildman–Crippen LogP) is 5.18. The fourth-order valence-electron chi connectivity index (χ4n) is 3.68. The third kappa shape index (κ3) is 4.26. The van der Waals surface area contributed by atoms with Crippen LogP contribution in [-0.4, -0.2) is 45.9 Å². The Morgan fingerprint density at radius 3 is 2.62 bits per heavy atom. The first-order valence-corrected chi connectivity index (χ1v) is 12.0. The van der Waals surface area contributed by atoms with Crippen LogP contribution in [0.5, 0.6) is 0 Å². The van der Waals surface area contributed by atoms with Gasteiger partial charge in [-0.05, 0) is 32.2 Å². The van der Waals surface area contributed by atoms with Crippen LogP contribution in [-0.2, 0) is 9.53 Å². The molecule has 4 rings (SSSR count). The van der Waals surface area contributed by atoms with Crippen LogP contribution in [0.1, 0.15) is 40.1 Å². The standard InChI is InChI=1S/C24H24N2O4S2/c1-14(2)30-12-11-26-19(17-10-7-13-31-17)18(21(28)24(26)29)20(27)22-15(3)25-23(32-22)16-8-5-4-6-9-16/h4-10,13-14,19,28H,11-12H2,1-3H3. The molecule has 6 nitrogen and oxygen atoms in total. The SMILES string of the molecule is Cc1nc(-c2ccccc2)sc1C(=O)C1=C(O)C(=O)N(CCOC(C)C)C1c1cccs1. The van der Waals surface area contributed by atoms with Crippen molar-refractivity contribution in [2.75, 3.05) is 13.2 Å². The van der Waals surface area contributed by atoms with Crippen LogP contribution in [0.15, 0.2) is 59.2 Å². The van der Waals surface area contributed by atoms with Crippen molar-refractivity contribution >= 4 is 34.4 Å². The molecule has 3 aromatic rings. The number of amides is 1. The van der Waals surface area contributed by atoms with Crippen LogP contribution in [0, 0.1) is 6.92 Å². The quantitative estimate of drug-likeness (QED) is 0.461. The maximum absolute atomic E-state index is 13.6. The first-order valence-electron chi connectivity index (χ1n) is 10.3. The minimum atomic E-state index is -0.646. The van der Waals surface area contributed by atoms with Crippen LogP contribution in [0.25, 0.3) is 10.6 Å². The molecule has 1 atom stereocenters. The van der Waals surface area contributed by atoms with Crippen molar-refractivity contribution in [1.82, 2.24) is 9.88 Å². The van der Waals surface area contributed by atoms with Gasteiger partial charge in [-0.2, -0.15) is 0 Å². The average Bonchev–Trinajstić information content (AvgIpc) is 3.49. The van der Waals surface area contributed by atoms with E-state index in [0.717, 1.165) is 15.4 Å². The fraction of sp³-hybridized carbons (Fsp3) is 0.292. The molecule has 3 heterocycles. The number of ketones is 1. The van der Waals surface area contributed by atoms with E-state index in [-0.39, 0.29) is 24.0 Å². The highest BCUT2D eigenvalue weighted by atomic mass is 32.1. The largest absolute Gasteiger partial charge is 0.503 e. The lowest BCUT2D eigenvalue weighted by Gasteiger charge is -2.25. The van der Waals surface area contributed by atoms with Gasteiger partial charge in [0.2, 0.25) is 5.78 Å². The number of rotatable bonds is 8. The van der Waals surface area contributed by atoms with Crippen molar-refractivity contribution in [3.05, 3.63) is 74.6 Å². The van der Waals surface area contributed by atoms with E-state index in [0.29, 0.717) is 17.2 Å². The summed E-state index contributed by atoms with van der Waals surface area (Å²) in [6.07, 6.45) is 0.0202. The van der Waals surface area contributed by atoms with E-state index in [4.69, 9.17) is 4.74 Å². The van der Waals surface area contributed by atoms with Crippen LogP contribution >= 0.6 is 22.7 Å². The van der Waals surface area contributed by atoms with Crippen molar-refractivity contribution in [3.8, 4) is 10.6 Å². The average molecular weight is 469 g/mol. The normalized spacial score (nSPS) is 16.4. The van der Waals surface area contributed by atoms with Gasteiger partial charge in [-0.1, -0.05) is 36.4 Å². The number of hydrogen-bond donors (Lipinski definition) is 1. The van der Waals surface area contributed by atoms with Crippen molar-refractivity contribution in [3.63, 3.8) is 0 Å². The Balaban J connectivity index is 1.70. The maximum atomic E-state index is 13.6. The number of hydrogen-bond acceptors (Lipinski definition) is 7. The van der Waals surface area contributed by atoms with Crippen molar-refractivity contribution < 1.29 is 19.4 Å². The number of carbonyl (C=O) groups is 2. The molecule has 0 spiro atoms. The number of aliphatic hydroxyl groups excluding tert-OH is 1. The molecular formula is C24H24N2O4S2. The smallest absolute Gasteiger partial charge is 0.290 e. The lowest BCUT2D eigenvalue weighted by molar-refractivity contribution is -0.130. The molecule has 0 saturated carbocycles. The predicted molar refractivity (Wildman–Crippen MR) is 126 cm³/mol. The molecule has 1 aliphatic rings. The topological polar surface area (TPSA) is 79.7 Å². The molecule has 1 N–H and O–H groups in total. The summed E-state index contributed by atoms with van der Waals surface area (Å²) in [4.78, 5) is 33.9. The van der Waals surface area contributed by atoms with Gasteiger partial charge in [-0.25, -0.2) is 4.98 Å². The van der Waals surface area contributed by atoms with E-state index in [1.165, 1.54) is 27.6 Å². The number of carbonyl (C=O) groups excluding carboxylic acids is 2. The highest BCUT2D eigenvalue weighted by Crippen LogP contribution is 2.42. The lowest BCUT2D eigenvalue weighted by atomic mass is 10.0. The second-order valence-corrected chi connectivity index (χ2v) is 9.71. The number of benzene rings is 1. The van der Waals surface area contributed by atoms with Gasteiger partial charge in [0.15, 0.2) is 5.76 Å². The third-order valence-electron chi connectivity index (χ3n) is 5.17. The van der Waals surface area contributed by atoms with Crippen molar-refractivity contribution in [2.24, 2.45) is 0 Å². The van der Waals surface area contributed by atoms with E-state index < -0.39 is 17.7 Å². The Kier molecular flexibility index (Phi) is 6.55. The molecule has 2 aromatic heterocycles. The third-order valence-corrected chi connectivity index (χ3v) is 7.30. The number of aromatic nitrogens is 1. The second kappa shape index (κ2) is 9.36. The molecule has 32 heavy (non-hydrogen) atoms. The number of thiophene rings is 1. The first-order chi connectivity index (χ1) is 15.4. The number of aliphatic hydroxyl groups is 1. The lowest BCUT2D eigenvalue weighted by Crippen LogP contribution is -2.34. The van der Waals surface area contributed by atoms with Gasteiger partial charge in [-0.15, -0.1) is 22.7 Å². The minimum absolute atomic E-state index is 0.0202. The summed E-state index contributed by atoms with van der Waals surface area (Å²) in [5, 5.41) is 13.4. The van der Waals surface area contributed by atoms with Crippen LogP contribution in [0.2, 0.25) is 0 Å². The molecule has 0 aliphatic carbocycles. The summed E-state index contributed by atoms with van der Waals surface area (Å²) in [7, 11) is 0. The van der Waals surface area contributed by atoms with Crippen molar-refractivity contribution in [2.45, 2.75) is 32.9 Å². The zero-order valence-corrected chi connectivity index (χ0v) is 19.7. The van der Waals surface area contributed by atoms with E-state index >= 15 is 0 Å². The van der Waals surface area contributed by atoms with Crippen molar-refractivity contribution in [1.29, 1.82) is 0 Å². The summed E-state index contributed by atoms with van der Waals surface area (Å²) in [5.41, 5.74) is 1.61. The second-order valence-electron chi connectivity index (χ2n) is 7.73. The van der Waals surface area contributed by atoms with Gasteiger partial charge < -0.3 is 14.7 Å². The number of thiazole rings is 1. The van der Waals surface area contributed by atoms with E-state index in [1.807, 2.05) is 61.7 Å². The maximum Gasteiger partial charge on any atom is 0.290 e. The van der Waals surface area contributed by atoms with Gasteiger partial charge >= 0.3 is 0 Å². The number of ether oxygens (including phenoxy) is 1. The highest BCUT2D eigenvalue weighted by Gasteiger charge is 2.44. The van der Waals surface area contributed by atoms with Gasteiger partial charge in [0.1, 0.15) is 5.01 Å². The molecule has 0 fully saturated rings.